The largest absolute Gasteiger partial charge is 0.416 e. The molecule has 176 valence electrons. The summed E-state index contributed by atoms with van der Waals surface area (Å²) in [5.74, 6) is -1.62. The average Bonchev–Trinajstić information content (AvgIpc) is 3.42. The molecule has 1 aromatic carbocycles. The van der Waals surface area contributed by atoms with Gasteiger partial charge in [0.1, 0.15) is 12.0 Å². The van der Waals surface area contributed by atoms with Gasteiger partial charge >= 0.3 is 6.18 Å². The highest BCUT2D eigenvalue weighted by Gasteiger charge is 2.32. The lowest BCUT2D eigenvalue weighted by molar-refractivity contribution is -0.138. The van der Waals surface area contributed by atoms with Crippen LogP contribution in [-0.2, 0) is 13.2 Å². The number of aryl methyl sites for hydroxylation is 2. The number of alkyl halides is 3. The van der Waals surface area contributed by atoms with Gasteiger partial charge in [-0.25, -0.2) is 14.6 Å². The maximum absolute atomic E-state index is 13.1. The van der Waals surface area contributed by atoms with Gasteiger partial charge in [-0.15, -0.1) is 5.10 Å². The normalized spacial score (nSPS) is 12.5. The summed E-state index contributed by atoms with van der Waals surface area (Å²) < 4.78 is 45.7. The van der Waals surface area contributed by atoms with Crippen molar-refractivity contribution < 1.29 is 27.3 Å². The summed E-state index contributed by atoms with van der Waals surface area (Å²) >= 11 is 0. The minimum atomic E-state index is -4.56. The van der Waals surface area contributed by atoms with Crippen LogP contribution in [0.15, 0.2) is 35.1 Å². The number of nitrogens with zero attached hydrogens (tertiary/aromatic N) is 6. The molecule has 0 aliphatic rings. The summed E-state index contributed by atoms with van der Waals surface area (Å²) in [6.07, 6.45) is -3.35. The van der Waals surface area contributed by atoms with Crippen LogP contribution in [0.2, 0.25) is 0 Å². The highest BCUT2D eigenvalue weighted by atomic mass is 19.4. The first-order chi connectivity index (χ1) is 16.0. The number of amides is 2. The van der Waals surface area contributed by atoms with Crippen LogP contribution in [0.5, 0.6) is 0 Å². The number of fused-ring (bicyclic) bond motifs is 1. The maximum atomic E-state index is 13.1. The van der Waals surface area contributed by atoms with Gasteiger partial charge in [0, 0.05) is 18.8 Å². The van der Waals surface area contributed by atoms with Crippen molar-refractivity contribution in [3.05, 3.63) is 58.9 Å². The van der Waals surface area contributed by atoms with E-state index in [2.05, 4.69) is 36.1 Å². The molecule has 11 nitrogen and oxygen atoms in total. The summed E-state index contributed by atoms with van der Waals surface area (Å²) in [4.78, 5) is 33.1. The fourth-order valence-electron chi connectivity index (χ4n) is 3.16. The molecule has 2 amide bonds. The second-order valence-electron chi connectivity index (χ2n) is 7.40. The molecule has 0 radical (unpaired) electrons. The van der Waals surface area contributed by atoms with E-state index < -0.39 is 29.6 Å². The molecule has 1 atom stereocenters. The molecule has 2 N–H and O–H groups in total. The third kappa shape index (κ3) is 4.42. The predicted octanol–water partition coefficient (Wildman–Crippen LogP) is 2.82. The standard InChI is InChI=1S/C20H17F3N8O3/c1-9-4-5-11(6-12(9)20(21,22)23)27-18(32)14-7-13(29-34-14)10(2)26-19(33)16-15-17(25-8-24-16)31(3)30-28-15/h4-8,10H,1-3H3,(H,26,33)(H,27,32)/t10-/m1/s1. The molecular weight excluding hydrogens is 457 g/mol. The molecule has 0 aliphatic carbocycles. The highest BCUT2D eigenvalue weighted by molar-refractivity contribution is 6.03. The zero-order valence-electron chi connectivity index (χ0n) is 18.0. The van der Waals surface area contributed by atoms with Gasteiger partial charge in [0.2, 0.25) is 5.76 Å². The van der Waals surface area contributed by atoms with Crippen molar-refractivity contribution in [2.45, 2.75) is 26.1 Å². The number of hydrogen-bond donors (Lipinski definition) is 2. The molecule has 14 heteroatoms. The first kappa shape index (κ1) is 22.8. The smallest absolute Gasteiger partial charge is 0.351 e. The van der Waals surface area contributed by atoms with Crippen molar-refractivity contribution in [1.82, 2.24) is 35.4 Å². The number of benzene rings is 1. The SMILES string of the molecule is Cc1ccc(NC(=O)c2cc([C@@H](C)NC(=O)c3ncnc4c3nnn4C)no2)cc1C(F)(F)F. The third-order valence-electron chi connectivity index (χ3n) is 4.95. The zero-order chi connectivity index (χ0) is 24.6. The lowest BCUT2D eigenvalue weighted by atomic mass is 10.1. The monoisotopic (exact) mass is 474 g/mol. The van der Waals surface area contributed by atoms with Gasteiger partial charge in [-0.1, -0.05) is 16.4 Å². The number of anilines is 1. The molecule has 4 aromatic rings. The number of rotatable bonds is 5. The molecule has 3 aromatic heterocycles. The number of hydrogen-bond acceptors (Lipinski definition) is 8. The van der Waals surface area contributed by atoms with Crippen LogP contribution in [0, 0.1) is 6.92 Å². The predicted molar refractivity (Wildman–Crippen MR) is 111 cm³/mol. The van der Waals surface area contributed by atoms with Crippen LogP contribution in [0.4, 0.5) is 18.9 Å². The Morgan fingerprint density at radius 2 is 1.91 bits per heavy atom. The van der Waals surface area contributed by atoms with E-state index in [1.165, 1.54) is 36.1 Å². The third-order valence-corrected chi connectivity index (χ3v) is 4.95. The van der Waals surface area contributed by atoms with E-state index in [9.17, 15) is 22.8 Å². The number of carbonyl (C=O) groups is 2. The quantitative estimate of drug-likeness (QED) is 0.450. The highest BCUT2D eigenvalue weighted by Crippen LogP contribution is 2.33. The van der Waals surface area contributed by atoms with Crippen molar-refractivity contribution >= 4 is 28.7 Å². The first-order valence-corrected chi connectivity index (χ1v) is 9.81. The van der Waals surface area contributed by atoms with Gasteiger partial charge in [-0.05, 0) is 31.5 Å². The topological polar surface area (TPSA) is 141 Å². The number of halogens is 3. The van der Waals surface area contributed by atoms with Crippen molar-refractivity contribution in [3.63, 3.8) is 0 Å². The van der Waals surface area contributed by atoms with E-state index in [0.717, 1.165) is 6.07 Å². The lowest BCUT2D eigenvalue weighted by Crippen LogP contribution is -2.28. The van der Waals surface area contributed by atoms with Crippen LogP contribution in [0.1, 0.15) is 50.8 Å². The van der Waals surface area contributed by atoms with E-state index in [0.29, 0.717) is 5.65 Å². The Kier molecular flexibility index (Phi) is 5.73. The van der Waals surface area contributed by atoms with Gasteiger partial charge in [-0.3, -0.25) is 9.59 Å². The first-order valence-electron chi connectivity index (χ1n) is 9.81. The number of carbonyl (C=O) groups excluding carboxylic acids is 2. The van der Waals surface area contributed by atoms with Crippen LogP contribution in [-0.4, -0.2) is 41.9 Å². The molecule has 0 saturated heterocycles. The van der Waals surface area contributed by atoms with Crippen molar-refractivity contribution in [2.24, 2.45) is 7.05 Å². The van der Waals surface area contributed by atoms with Crippen LogP contribution in [0.25, 0.3) is 11.2 Å². The summed E-state index contributed by atoms with van der Waals surface area (Å²) in [6, 6.07) is 4.01. The average molecular weight is 474 g/mol. The Balaban J connectivity index is 1.46. The van der Waals surface area contributed by atoms with Gasteiger partial charge in [-0.2, -0.15) is 13.2 Å². The molecular formula is C20H17F3N8O3. The Morgan fingerprint density at radius 1 is 1.15 bits per heavy atom. The molecule has 0 saturated carbocycles. The van der Waals surface area contributed by atoms with Crippen LogP contribution >= 0.6 is 0 Å². The fourth-order valence-corrected chi connectivity index (χ4v) is 3.16. The Bertz CT molecular complexity index is 1400. The van der Waals surface area contributed by atoms with Crippen molar-refractivity contribution in [3.8, 4) is 0 Å². The molecule has 0 aliphatic heterocycles. The maximum Gasteiger partial charge on any atom is 0.416 e. The molecule has 0 unspecified atom stereocenters. The van der Waals surface area contributed by atoms with E-state index in [1.54, 1.807) is 14.0 Å². The lowest BCUT2D eigenvalue weighted by Gasteiger charge is -2.12. The van der Waals surface area contributed by atoms with Gasteiger partial charge in [0.25, 0.3) is 11.8 Å². The molecule has 4 rings (SSSR count). The molecule has 0 bridgehead atoms. The zero-order valence-corrected chi connectivity index (χ0v) is 18.0. The van der Waals surface area contributed by atoms with E-state index in [4.69, 9.17) is 4.52 Å². The summed E-state index contributed by atoms with van der Waals surface area (Å²) in [5.41, 5.74) is -0.0847. The van der Waals surface area contributed by atoms with Crippen molar-refractivity contribution in [1.29, 1.82) is 0 Å². The van der Waals surface area contributed by atoms with Gasteiger partial charge in [0.15, 0.2) is 16.9 Å². The molecule has 0 fully saturated rings. The summed E-state index contributed by atoms with van der Waals surface area (Å²) in [6.45, 7) is 2.92. The van der Waals surface area contributed by atoms with E-state index in [1.807, 2.05) is 0 Å². The second kappa shape index (κ2) is 8.53. The van der Waals surface area contributed by atoms with E-state index in [-0.39, 0.29) is 33.9 Å². The minimum Gasteiger partial charge on any atom is -0.351 e. The Hall–Kier alpha value is -4.36. The summed E-state index contributed by atoms with van der Waals surface area (Å²) in [7, 11) is 1.62. The van der Waals surface area contributed by atoms with Gasteiger partial charge in [0.05, 0.1) is 11.6 Å². The van der Waals surface area contributed by atoms with Crippen molar-refractivity contribution in [2.75, 3.05) is 5.32 Å². The van der Waals surface area contributed by atoms with Crippen LogP contribution in [0.3, 0.4) is 0 Å². The fraction of sp³-hybridized carbons (Fsp3) is 0.250. The molecule has 0 spiro atoms. The number of aromatic nitrogens is 6. The Labute approximate surface area is 189 Å². The number of nitrogens with one attached hydrogen (secondary N) is 2. The van der Waals surface area contributed by atoms with Crippen LogP contribution < -0.4 is 10.6 Å². The van der Waals surface area contributed by atoms with E-state index >= 15 is 0 Å². The molecule has 3 heterocycles. The van der Waals surface area contributed by atoms with Gasteiger partial charge < -0.3 is 15.2 Å². The second-order valence-corrected chi connectivity index (χ2v) is 7.40. The molecule has 34 heavy (non-hydrogen) atoms. The Morgan fingerprint density at radius 3 is 2.65 bits per heavy atom. The summed E-state index contributed by atoms with van der Waals surface area (Å²) in [5, 5.41) is 16.5. The minimum absolute atomic E-state index is 0.00579.